The molecule has 1 saturated carbocycles. The normalized spacial score (nSPS) is 20.1. The van der Waals surface area contributed by atoms with E-state index in [1.54, 1.807) is 7.11 Å². The molecule has 138 valence electrons. The zero-order valence-corrected chi connectivity index (χ0v) is 15.4. The Morgan fingerprint density at radius 3 is 2.77 bits per heavy atom. The molecule has 1 atom stereocenters. The van der Waals surface area contributed by atoms with Gasteiger partial charge in [0.05, 0.1) is 25.4 Å². The van der Waals surface area contributed by atoms with Crippen molar-refractivity contribution < 1.29 is 9.53 Å². The number of urea groups is 1. The first kappa shape index (κ1) is 16.9. The van der Waals surface area contributed by atoms with Gasteiger partial charge >= 0.3 is 6.03 Å². The minimum Gasteiger partial charge on any atom is -0.497 e. The molecule has 26 heavy (non-hydrogen) atoms. The van der Waals surface area contributed by atoms with Gasteiger partial charge < -0.3 is 9.64 Å². The Morgan fingerprint density at radius 2 is 2.08 bits per heavy atom. The second kappa shape index (κ2) is 7.02. The van der Waals surface area contributed by atoms with Crippen molar-refractivity contribution in [3.63, 3.8) is 0 Å². The number of amides is 2. The van der Waals surface area contributed by atoms with Gasteiger partial charge in [-0.25, -0.2) is 9.48 Å². The van der Waals surface area contributed by atoms with E-state index in [2.05, 4.69) is 16.5 Å². The molecule has 1 aliphatic carbocycles. The van der Waals surface area contributed by atoms with Crippen LogP contribution in [0.5, 0.6) is 5.75 Å². The quantitative estimate of drug-likeness (QED) is 0.891. The van der Waals surface area contributed by atoms with Gasteiger partial charge in [0.1, 0.15) is 11.6 Å². The van der Waals surface area contributed by atoms with Crippen LogP contribution in [0.15, 0.2) is 30.5 Å². The topological polar surface area (TPSA) is 59.4 Å². The largest absolute Gasteiger partial charge is 0.497 e. The van der Waals surface area contributed by atoms with Crippen LogP contribution in [0.2, 0.25) is 0 Å². The standard InChI is InChI=1S/C20H26N4O2/c1-14-13-21-24(16-7-3-4-8-16)19(14)22-20(25)23-11-10-18(23)15-6-5-9-17(12-15)26-2/h5-6,9,12-13,16,18H,3-4,7-8,10-11H2,1-2H3,(H,22,25). The molecular weight excluding hydrogens is 328 g/mol. The van der Waals surface area contributed by atoms with Crippen molar-refractivity contribution in [3.05, 3.63) is 41.6 Å². The summed E-state index contributed by atoms with van der Waals surface area (Å²) >= 11 is 0. The SMILES string of the molecule is COc1cccc(C2CCN2C(=O)Nc2c(C)cnn2C2CCCC2)c1. The number of aromatic nitrogens is 2. The molecule has 0 spiro atoms. The summed E-state index contributed by atoms with van der Waals surface area (Å²) in [6.07, 6.45) is 7.58. The Hall–Kier alpha value is -2.50. The molecule has 4 rings (SSSR count). The van der Waals surface area contributed by atoms with Crippen LogP contribution >= 0.6 is 0 Å². The molecule has 6 heteroatoms. The summed E-state index contributed by atoms with van der Waals surface area (Å²) in [7, 11) is 1.66. The van der Waals surface area contributed by atoms with Gasteiger partial charge in [0.2, 0.25) is 0 Å². The van der Waals surface area contributed by atoms with Gasteiger partial charge in [-0.1, -0.05) is 25.0 Å². The number of hydrogen-bond donors (Lipinski definition) is 1. The lowest BCUT2D eigenvalue weighted by Crippen LogP contribution is -2.47. The lowest BCUT2D eigenvalue weighted by molar-refractivity contribution is 0.126. The number of rotatable bonds is 4. The average Bonchev–Trinajstić information content (AvgIpc) is 3.25. The minimum absolute atomic E-state index is 0.0492. The molecule has 2 heterocycles. The number of benzene rings is 1. The maximum Gasteiger partial charge on any atom is 0.323 e. The number of carbonyl (C=O) groups excluding carboxylic acids is 1. The summed E-state index contributed by atoms with van der Waals surface area (Å²) in [4.78, 5) is 14.8. The molecule has 1 aliphatic heterocycles. The second-order valence-electron chi connectivity index (χ2n) is 7.26. The maximum absolute atomic E-state index is 12.9. The fourth-order valence-electron chi connectivity index (χ4n) is 4.03. The van der Waals surface area contributed by atoms with Crippen LogP contribution in [0.25, 0.3) is 0 Å². The number of aryl methyl sites for hydroxylation is 1. The Balaban J connectivity index is 1.49. The van der Waals surface area contributed by atoms with Crippen LogP contribution in [0.4, 0.5) is 10.6 Å². The van der Waals surface area contributed by atoms with Crippen molar-refractivity contribution in [1.82, 2.24) is 14.7 Å². The summed E-state index contributed by atoms with van der Waals surface area (Å²) in [6.45, 7) is 2.77. The molecule has 1 unspecified atom stereocenters. The number of ether oxygens (including phenoxy) is 1. The maximum atomic E-state index is 12.9. The number of nitrogens with one attached hydrogen (secondary N) is 1. The van der Waals surface area contributed by atoms with Crippen LogP contribution in [0.3, 0.4) is 0 Å². The second-order valence-corrected chi connectivity index (χ2v) is 7.26. The molecule has 0 bridgehead atoms. The summed E-state index contributed by atoms with van der Waals surface area (Å²) in [6, 6.07) is 8.43. The van der Waals surface area contributed by atoms with Gasteiger partial charge in [-0.2, -0.15) is 5.10 Å². The van der Waals surface area contributed by atoms with Crippen LogP contribution in [-0.4, -0.2) is 34.4 Å². The zero-order chi connectivity index (χ0) is 18.1. The van der Waals surface area contributed by atoms with E-state index >= 15 is 0 Å². The van der Waals surface area contributed by atoms with E-state index in [0.717, 1.165) is 48.5 Å². The fourth-order valence-corrected chi connectivity index (χ4v) is 4.03. The number of nitrogens with zero attached hydrogens (tertiary/aromatic N) is 3. The first-order chi connectivity index (χ1) is 12.7. The number of carbonyl (C=O) groups is 1. The molecule has 1 aromatic carbocycles. The Bertz CT molecular complexity index is 795. The summed E-state index contributed by atoms with van der Waals surface area (Å²) in [5.41, 5.74) is 2.13. The molecule has 2 amide bonds. The van der Waals surface area contributed by atoms with E-state index in [9.17, 15) is 4.79 Å². The summed E-state index contributed by atoms with van der Waals surface area (Å²) in [5, 5.41) is 7.64. The van der Waals surface area contributed by atoms with Gasteiger partial charge in [0, 0.05) is 12.1 Å². The minimum atomic E-state index is -0.0492. The molecule has 2 fully saturated rings. The molecule has 6 nitrogen and oxygen atoms in total. The highest BCUT2D eigenvalue weighted by atomic mass is 16.5. The highest BCUT2D eigenvalue weighted by molar-refractivity contribution is 5.90. The van der Waals surface area contributed by atoms with Crippen molar-refractivity contribution in [3.8, 4) is 5.75 Å². The third-order valence-corrected chi connectivity index (χ3v) is 5.63. The highest BCUT2D eigenvalue weighted by Gasteiger charge is 2.34. The van der Waals surface area contributed by atoms with Crippen LogP contribution in [-0.2, 0) is 0 Å². The van der Waals surface area contributed by atoms with Crippen molar-refractivity contribution >= 4 is 11.8 Å². The van der Waals surface area contributed by atoms with Gasteiger partial charge in [0.15, 0.2) is 0 Å². The predicted octanol–water partition coefficient (Wildman–Crippen LogP) is 4.29. The molecule has 2 aliphatic rings. The van der Waals surface area contributed by atoms with Gasteiger partial charge in [0.25, 0.3) is 0 Å². The van der Waals surface area contributed by atoms with Crippen molar-refractivity contribution in [2.24, 2.45) is 0 Å². The van der Waals surface area contributed by atoms with E-state index in [-0.39, 0.29) is 12.1 Å². The Morgan fingerprint density at radius 1 is 1.27 bits per heavy atom. The molecule has 0 radical (unpaired) electrons. The van der Waals surface area contributed by atoms with Crippen molar-refractivity contribution in [2.75, 3.05) is 19.0 Å². The van der Waals surface area contributed by atoms with Crippen molar-refractivity contribution in [1.29, 1.82) is 0 Å². The third-order valence-electron chi connectivity index (χ3n) is 5.63. The van der Waals surface area contributed by atoms with Crippen LogP contribution in [0, 0.1) is 6.92 Å². The number of hydrogen-bond acceptors (Lipinski definition) is 3. The first-order valence-corrected chi connectivity index (χ1v) is 9.43. The number of likely N-dealkylation sites (tertiary alicyclic amines) is 1. The zero-order valence-electron chi connectivity index (χ0n) is 15.4. The summed E-state index contributed by atoms with van der Waals surface area (Å²) < 4.78 is 7.33. The molecule has 1 N–H and O–H groups in total. The highest BCUT2D eigenvalue weighted by Crippen LogP contribution is 2.36. The average molecular weight is 354 g/mol. The predicted molar refractivity (Wildman–Crippen MR) is 101 cm³/mol. The number of anilines is 1. The van der Waals surface area contributed by atoms with Gasteiger partial charge in [-0.05, 0) is 43.9 Å². The van der Waals surface area contributed by atoms with E-state index in [4.69, 9.17) is 4.74 Å². The molecule has 1 saturated heterocycles. The van der Waals surface area contributed by atoms with E-state index < -0.39 is 0 Å². The first-order valence-electron chi connectivity index (χ1n) is 9.43. The fraction of sp³-hybridized carbons (Fsp3) is 0.500. The Labute approximate surface area is 154 Å². The lowest BCUT2D eigenvalue weighted by Gasteiger charge is -2.41. The molecular formula is C20H26N4O2. The summed E-state index contributed by atoms with van der Waals surface area (Å²) in [5.74, 6) is 1.67. The Kier molecular flexibility index (Phi) is 4.57. The molecule has 2 aromatic rings. The third kappa shape index (κ3) is 3.04. The van der Waals surface area contributed by atoms with Gasteiger partial charge in [-0.3, -0.25) is 5.32 Å². The monoisotopic (exact) mass is 354 g/mol. The van der Waals surface area contributed by atoms with E-state index in [1.165, 1.54) is 12.8 Å². The van der Waals surface area contributed by atoms with E-state index in [0.29, 0.717) is 6.04 Å². The van der Waals surface area contributed by atoms with Crippen LogP contribution in [0.1, 0.15) is 55.3 Å². The lowest BCUT2D eigenvalue weighted by atomic mass is 9.95. The van der Waals surface area contributed by atoms with E-state index in [1.807, 2.05) is 40.9 Å². The van der Waals surface area contributed by atoms with Gasteiger partial charge in [-0.15, -0.1) is 0 Å². The smallest absolute Gasteiger partial charge is 0.323 e. The number of methoxy groups -OCH3 is 1. The van der Waals surface area contributed by atoms with Crippen LogP contribution < -0.4 is 10.1 Å². The van der Waals surface area contributed by atoms with Crippen molar-refractivity contribution in [2.45, 2.75) is 51.1 Å². The molecule has 1 aromatic heterocycles.